The molecule has 1 rings (SSSR count). The van der Waals surface area contributed by atoms with Gasteiger partial charge in [0, 0.05) is 19.6 Å². The van der Waals surface area contributed by atoms with E-state index >= 15 is 0 Å². The molecule has 0 fully saturated rings. The molecule has 0 saturated carbocycles. The number of hydrogen-bond donors (Lipinski definition) is 4. The lowest BCUT2D eigenvalue weighted by Crippen LogP contribution is -2.55. The van der Waals surface area contributed by atoms with Crippen LogP contribution in [0.4, 0.5) is 9.59 Å². The quantitative estimate of drug-likeness (QED) is 0.253. The molecule has 11 nitrogen and oxygen atoms in total. The number of hydrogen-bond acceptors (Lipinski definition) is 7. The van der Waals surface area contributed by atoms with E-state index in [9.17, 15) is 19.2 Å². The molecule has 0 aliphatic rings. The highest BCUT2D eigenvalue weighted by Crippen LogP contribution is 2.10. The van der Waals surface area contributed by atoms with Crippen LogP contribution < -0.4 is 21.4 Å². The largest absolute Gasteiger partial charge is 0.450 e. The van der Waals surface area contributed by atoms with Gasteiger partial charge in [-0.2, -0.15) is 0 Å². The van der Waals surface area contributed by atoms with Crippen LogP contribution in [-0.4, -0.2) is 73.9 Å². The molecule has 0 radical (unpaired) electrons. The van der Waals surface area contributed by atoms with Crippen molar-refractivity contribution in [2.75, 3.05) is 26.8 Å². The summed E-state index contributed by atoms with van der Waals surface area (Å²) in [5, 5.41) is 9.92. The van der Waals surface area contributed by atoms with Crippen molar-refractivity contribution in [1.29, 1.82) is 0 Å². The molecule has 0 heterocycles. The van der Waals surface area contributed by atoms with E-state index in [1.165, 1.54) is 0 Å². The first kappa shape index (κ1) is 32.7. The van der Waals surface area contributed by atoms with Crippen LogP contribution in [0.5, 0.6) is 0 Å². The Balaban J connectivity index is 2.87. The molecular formula is C27H45N5O6. The summed E-state index contributed by atoms with van der Waals surface area (Å²) in [6.07, 6.45) is -0.206. The van der Waals surface area contributed by atoms with Gasteiger partial charge in [0.25, 0.3) is 5.91 Å². The number of hydrazine groups is 1. The molecule has 1 aromatic rings. The molecule has 0 bridgehead atoms. The number of benzene rings is 1. The van der Waals surface area contributed by atoms with E-state index < -0.39 is 24.3 Å². The Morgan fingerprint density at radius 3 is 1.76 bits per heavy atom. The minimum Gasteiger partial charge on any atom is -0.450 e. The molecule has 11 heteroatoms. The third kappa shape index (κ3) is 12.3. The Kier molecular flexibility index (Phi) is 14.8. The molecule has 4 N–H and O–H groups in total. The van der Waals surface area contributed by atoms with Crippen LogP contribution >= 0.6 is 0 Å². The van der Waals surface area contributed by atoms with Gasteiger partial charge in [-0.1, -0.05) is 58.0 Å². The first-order valence-corrected chi connectivity index (χ1v) is 13.2. The van der Waals surface area contributed by atoms with Crippen LogP contribution in [0, 0.1) is 11.8 Å². The van der Waals surface area contributed by atoms with Crippen molar-refractivity contribution in [2.45, 2.75) is 72.5 Å². The molecule has 0 aromatic heterocycles. The molecule has 214 valence electrons. The van der Waals surface area contributed by atoms with Gasteiger partial charge in [-0.05, 0) is 44.1 Å². The molecule has 3 atom stereocenters. The maximum atomic E-state index is 13.2. The summed E-state index contributed by atoms with van der Waals surface area (Å²) in [7, 11) is 1.72. The topological polar surface area (TPSA) is 138 Å². The standard InChI is InChI=1S/C27H45N5O6/c1-8-37-26(35)29-22(18(3)4)24(33)28-21(17-20-13-11-10-12-14-20)15-16-32(7)31-25(34)23(19(5)6)30-27(36)38-9-2/h10-14,18-19,21-23H,8-9,15-17H2,1-7H3,(H,28,33)(H,29,35)(H,30,36)(H,31,34)/t21-,22+,23+/m1/s1. The number of carbonyl (C=O) groups excluding carboxylic acids is 4. The third-order valence-corrected chi connectivity index (χ3v) is 5.78. The van der Waals surface area contributed by atoms with E-state index in [2.05, 4.69) is 21.4 Å². The van der Waals surface area contributed by atoms with Gasteiger partial charge in [-0.3, -0.25) is 15.0 Å². The van der Waals surface area contributed by atoms with Gasteiger partial charge in [0.2, 0.25) is 5.91 Å². The van der Waals surface area contributed by atoms with Gasteiger partial charge >= 0.3 is 12.2 Å². The van der Waals surface area contributed by atoms with Gasteiger partial charge in [0.15, 0.2) is 0 Å². The minimum absolute atomic E-state index is 0.154. The molecule has 0 aliphatic heterocycles. The Morgan fingerprint density at radius 2 is 1.29 bits per heavy atom. The number of nitrogens with zero attached hydrogens (tertiary/aromatic N) is 1. The summed E-state index contributed by atoms with van der Waals surface area (Å²) in [5.74, 6) is -0.978. The molecular weight excluding hydrogens is 490 g/mol. The summed E-state index contributed by atoms with van der Waals surface area (Å²) in [5.41, 5.74) is 3.84. The van der Waals surface area contributed by atoms with E-state index in [0.29, 0.717) is 19.4 Å². The summed E-state index contributed by atoms with van der Waals surface area (Å²) in [6, 6.07) is 7.96. The van der Waals surface area contributed by atoms with Crippen LogP contribution in [0.15, 0.2) is 30.3 Å². The second-order valence-electron chi connectivity index (χ2n) is 9.75. The fraction of sp³-hybridized carbons (Fsp3) is 0.630. The predicted molar refractivity (Wildman–Crippen MR) is 145 cm³/mol. The van der Waals surface area contributed by atoms with E-state index in [0.717, 1.165) is 5.56 Å². The maximum absolute atomic E-state index is 13.2. The monoisotopic (exact) mass is 535 g/mol. The smallest absolute Gasteiger partial charge is 0.407 e. The Morgan fingerprint density at radius 1 is 0.789 bits per heavy atom. The molecule has 1 aromatic carbocycles. The zero-order valence-electron chi connectivity index (χ0n) is 23.7. The lowest BCUT2D eigenvalue weighted by Gasteiger charge is -2.28. The summed E-state index contributed by atoms with van der Waals surface area (Å²) in [4.78, 5) is 49.8. The molecule has 0 saturated heterocycles. The molecule has 4 amide bonds. The fourth-order valence-electron chi connectivity index (χ4n) is 3.75. The minimum atomic E-state index is -0.767. The van der Waals surface area contributed by atoms with Crippen molar-refractivity contribution in [1.82, 2.24) is 26.4 Å². The van der Waals surface area contributed by atoms with Crippen LogP contribution in [0.3, 0.4) is 0 Å². The van der Waals surface area contributed by atoms with E-state index in [4.69, 9.17) is 9.47 Å². The number of rotatable bonds is 15. The number of nitrogens with one attached hydrogen (secondary N) is 4. The van der Waals surface area contributed by atoms with Gasteiger partial charge < -0.3 is 25.4 Å². The molecule has 0 unspecified atom stereocenters. The lowest BCUT2D eigenvalue weighted by atomic mass is 10.00. The van der Waals surface area contributed by atoms with Gasteiger partial charge in [-0.15, -0.1) is 0 Å². The van der Waals surface area contributed by atoms with Crippen molar-refractivity contribution in [3.63, 3.8) is 0 Å². The van der Waals surface area contributed by atoms with Gasteiger partial charge in [0.1, 0.15) is 12.1 Å². The Hall–Kier alpha value is -3.34. The van der Waals surface area contributed by atoms with Crippen molar-refractivity contribution in [3.05, 3.63) is 35.9 Å². The highest BCUT2D eigenvalue weighted by atomic mass is 16.6. The average molecular weight is 536 g/mol. The molecule has 38 heavy (non-hydrogen) atoms. The SMILES string of the molecule is CCOC(=O)N[C@H](C(=O)N[C@H](CCN(C)NC(=O)[C@@H](NC(=O)OCC)C(C)C)Cc1ccccc1)C(C)C. The van der Waals surface area contributed by atoms with Crippen LogP contribution in [0.1, 0.15) is 53.5 Å². The normalized spacial score (nSPS) is 13.4. The van der Waals surface area contributed by atoms with Gasteiger partial charge in [0.05, 0.1) is 13.2 Å². The zero-order valence-corrected chi connectivity index (χ0v) is 23.7. The number of amides is 4. The molecule has 0 spiro atoms. The first-order valence-electron chi connectivity index (χ1n) is 13.2. The van der Waals surface area contributed by atoms with Crippen molar-refractivity contribution in [3.8, 4) is 0 Å². The fourth-order valence-corrected chi connectivity index (χ4v) is 3.75. The third-order valence-electron chi connectivity index (χ3n) is 5.78. The van der Waals surface area contributed by atoms with Crippen LogP contribution in [-0.2, 0) is 25.5 Å². The number of carbonyl (C=O) groups is 4. The van der Waals surface area contributed by atoms with E-state index in [1.807, 2.05) is 58.0 Å². The van der Waals surface area contributed by atoms with Gasteiger partial charge in [-0.25, -0.2) is 14.6 Å². The Bertz CT molecular complexity index is 880. The van der Waals surface area contributed by atoms with Crippen molar-refractivity contribution in [2.24, 2.45) is 11.8 Å². The van der Waals surface area contributed by atoms with Crippen LogP contribution in [0.2, 0.25) is 0 Å². The average Bonchev–Trinajstić information content (AvgIpc) is 2.84. The second kappa shape index (κ2) is 17.2. The van der Waals surface area contributed by atoms with Crippen molar-refractivity contribution < 1.29 is 28.7 Å². The highest BCUT2D eigenvalue weighted by Gasteiger charge is 2.28. The zero-order chi connectivity index (χ0) is 28.7. The summed E-state index contributed by atoms with van der Waals surface area (Å²) < 4.78 is 9.86. The van der Waals surface area contributed by atoms with Crippen LogP contribution in [0.25, 0.3) is 0 Å². The maximum Gasteiger partial charge on any atom is 0.407 e. The van der Waals surface area contributed by atoms with E-state index in [1.54, 1.807) is 25.9 Å². The van der Waals surface area contributed by atoms with E-state index in [-0.39, 0.29) is 42.9 Å². The highest BCUT2D eigenvalue weighted by molar-refractivity contribution is 5.86. The Labute approximate surface area is 226 Å². The first-order chi connectivity index (χ1) is 18.0. The predicted octanol–water partition coefficient (Wildman–Crippen LogP) is 2.61. The lowest BCUT2D eigenvalue weighted by molar-refractivity contribution is -0.129. The van der Waals surface area contributed by atoms with Crippen molar-refractivity contribution >= 4 is 24.0 Å². The number of alkyl carbamates (subject to hydrolysis) is 2. The molecule has 0 aliphatic carbocycles. The second-order valence-corrected chi connectivity index (χ2v) is 9.75. The number of ether oxygens (including phenoxy) is 2. The summed E-state index contributed by atoms with van der Waals surface area (Å²) in [6.45, 7) is 11.6. The summed E-state index contributed by atoms with van der Waals surface area (Å²) >= 11 is 0.